The zero-order chi connectivity index (χ0) is 13.3. The molecule has 19 heavy (non-hydrogen) atoms. The minimum atomic E-state index is 0.0386. The summed E-state index contributed by atoms with van der Waals surface area (Å²) in [5, 5.41) is 4.45. The van der Waals surface area contributed by atoms with Crippen LogP contribution in [0.15, 0.2) is 18.2 Å². The molecule has 2 aliphatic heterocycles. The Labute approximate surface area is 124 Å². The Bertz CT molecular complexity index is 459. The Morgan fingerprint density at radius 2 is 2.42 bits per heavy atom. The van der Waals surface area contributed by atoms with E-state index in [1.165, 1.54) is 11.3 Å². The smallest absolute Gasteiger partial charge is 0.125 e. The first-order chi connectivity index (χ1) is 9.22. The topological polar surface area (TPSA) is 21.3 Å². The first-order valence-electron chi connectivity index (χ1n) is 7.02. The molecule has 3 rings (SSSR count). The van der Waals surface area contributed by atoms with Crippen molar-refractivity contribution in [2.75, 3.05) is 18.1 Å². The van der Waals surface area contributed by atoms with Gasteiger partial charge in [0.25, 0.3) is 0 Å². The molecule has 0 radical (unpaired) electrons. The molecule has 0 saturated carbocycles. The van der Waals surface area contributed by atoms with Gasteiger partial charge in [-0.3, -0.25) is 0 Å². The van der Waals surface area contributed by atoms with E-state index in [0.717, 1.165) is 42.3 Å². The van der Waals surface area contributed by atoms with Gasteiger partial charge in [-0.05, 0) is 43.3 Å². The second kappa shape index (κ2) is 5.55. The second-order valence-corrected chi connectivity index (χ2v) is 7.02. The van der Waals surface area contributed by atoms with Crippen LogP contribution in [-0.2, 0) is 0 Å². The molecule has 4 heteroatoms. The number of thioether (sulfide) groups is 1. The van der Waals surface area contributed by atoms with E-state index in [2.05, 4.69) is 18.3 Å². The lowest BCUT2D eigenvalue weighted by atomic mass is 9.86. The Balaban J connectivity index is 1.91. The average molecular weight is 298 g/mol. The second-order valence-electron chi connectivity index (χ2n) is 5.48. The SMILES string of the molecule is CCCNC1CC2(CCSC2)Oc2ccc(Cl)cc21. The number of hydrogen-bond donors (Lipinski definition) is 1. The van der Waals surface area contributed by atoms with Gasteiger partial charge < -0.3 is 10.1 Å². The summed E-state index contributed by atoms with van der Waals surface area (Å²) in [6.45, 7) is 3.24. The van der Waals surface area contributed by atoms with E-state index >= 15 is 0 Å². The predicted molar refractivity (Wildman–Crippen MR) is 82.4 cm³/mol. The summed E-state index contributed by atoms with van der Waals surface area (Å²) in [5.74, 6) is 3.34. The average Bonchev–Trinajstić information content (AvgIpc) is 2.85. The molecule has 0 amide bonds. The molecule has 2 nitrogen and oxygen atoms in total. The van der Waals surface area contributed by atoms with Crippen molar-refractivity contribution in [3.8, 4) is 5.75 Å². The highest BCUT2D eigenvalue weighted by Crippen LogP contribution is 2.46. The third kappa shape index (κ3) is 2.74. The van der Waals surface area contributed by atoms with Crippen molar-refractivity contribution in [3.05, 3.63) is 28.8 Å². The van der Waals surface area contributed by atoms with Gasteiger partial charge in [-0.25, -0.2) is 0 Å². The zero-order valence-electron chi connectivity index (χ0n) is 11.2. The Hall–Kier alpha value is -0.380. The Morgan fingerprint density at radius 3 is 3.16 bits per heavy atom. The van der Waals surface area contributed by atoms with Crippen molar-refractivity contribution < 1.29 is 4.74 Å². The third-order valence-corrected chi connectivity index (χ3v) is 5.42. The van der Waals surface area contributed by atoms with E-state index in [0.29, 0.717) is 6.04 Å². The summed E-state index contributed by atoms with van der Waals surface area (Å²) < 4.78 is 6.33. The Kier molecular flexibility index (Phi) is 3.97. The van der Waals surface area contributed by atoms with Crippen molar-refractivity contribution in [2.45, 2.75) is 37.8 Å². The first-order valence-corrected chi connectivity index (χ1v) is 8.55. The van der Waals surface area contributed by atoms with E-state index in [4.69, 9.17) is 16.3 Å². The van der Waals surface area contributed by atoms with Crippen LogP contribution < -0.4 is 10.1 Å². The number of hydrogen-bond acceptors (Lipinski definition) is 3. The number of benzene rings is 1. The van der Waals surface area contributed by atoms with E-state index in [1.54, 1.807) is 0 Å². The summed E-state index contributed by atoms with van der Waals surface area (Å²) >= 11 is 8.14. The molecule has 0 aliphatic carbocycles. The van der Waals surface area contributed by atoms with Crippen LogP contribution >= 0.6 is 23.4 Å². The molecule has 0 aromatic heterocycles. The van der Waals surface area contributed by atoms with Gasteiger partial charge in [0.05, 0.1) is 0 Å². The van der Waals surface area contributed by atoms with E-state index in [1.807, 2.05) is 23.9 Å². The molecule has 2 atom stereocenters. The van der Waals surface area contributed by atoms with Gasteiger partial charge in [0.1, 0.15) is 11.4 Å². The lowest BCUT2D eigenvalue weighted by Crippen LogP contribution is -2.44. The molecule has 1 spiro atoms. The summed E-state index contributed by atoms with van der Waals surface area (Å²) in [6, 6.07) is 6.39. The number of nitrogens with one attached hydrogen (secondary N) is 1. The highest BCUT2D eigenvalue weighted by molar-refractivity contribution is 7.99. The van der Waals surface area contributed by atoms with Crippen LogP contribution in [0.1, 0.15) is 37.8 Å². The van der Waals surface area contributed by atoms with Gasteiger partial charge in [0.15, 0.2) is 0 Å². The highest BCUT2D eigenvalue weighted by atomic mass is 35.5. The quantitative estimate of drug-likeness (QED) is 0.910. The van der Waals surface area contributed by atoms with Crippen molar-refractivity contribution in [3.63, 3.8) is 0 Å². The molecule has 1 fully saturated rings. The molecule has 2 unspecified atom stereocenters. The molecular weight excluding hydrogens is 278 g/mol. The standard InChI is InChI=1S/C15H20ClNOS/c1-2-6-17-13-9-15(5-7-19-10-15)18-14-4-3-11(16)8-12(13)14/h3-4,8,13,17H,2,5-7,9-10H2,1H3. The van der Waals surface area contributed by atoms with Gasteiger partial charge in [-0.1, -0.05) is 18.5 Å². The molecule has 1 aromatic carbocycles. The number of rotatable bonds is 3. The lowest BCUT2D eigenvalue weighted by molar-refractivity contribution is 0.0552. The van der Waals surface area contributed by atoms with Crippen molar-refractivity contribution in [1.82, 2.24) is 5.32 Å². The molecule has 1 N–H and O–H groups in total. The molecular formula is C15H20ClNOS. The largest absolute Gasteiger partial charge is 0.486 e. The van der Waals surface area contributed by atoms with Crippen LogP contribution in [-0.4, -0.2) is 23.7 Å². The molecule has 1 saturated heterocycles. The van der Waals surface area contributed by atoms with E-state index in [-0.39, 0.29) is 5.60 Å². The molecule has 104 valence electrons. The summed E-state index contributed by atoms with van der Waals surface area (Å²) in [7, 11) is 0. The maximum atomic E-state index is 6.33. The monoisotopic (exact) mass is 297 g/mol. The van der Waals surface area contributed by atoms with E-state index < -0.39 is 0 Å². The van der Waals surface area contributed by atoms with Gasteiger partial charge in [0, 0.05) is 28.8 Å². The fourth-order valence-electron chi connectivity index (χ4n) is 2.97. The van der Waals surface area contributed by atoms with Gasteiger partial charge in [0.2, 0.25) is 0 Å². The van der Waals surface area contributed by atoms with Crippen LogP contribution in [0.4, 0.5) is 0 Å². The van der Waals surface area contributed by atoms with Crippen molar-refractivity contribution >= 4 is 23.4 Å². The first kappa shape index (κ1) is 13.6. The maximum Gasteiger partial charge on any atom is 0.125 e. The maximum absolute atomic E-state index is 6.33. The number of fused-ring (bicyclic) bond motifs is 1. The van der Waals surface area contributed by atoms with Gasteiger partial charge in [-0.15, -0.1) is 0 Å². The Morgan fingerprint density at radius 1 is 1.53 bits per heavy atom. The van der Waals surface area contributed by atoms with Gasteiger partial charge >= 0.3 is 0 Å². The number of halogens is 1. The minimum Gasteiger partial charge on any atom is -0.486 e. The minimum absolute atomic E-state index is 0.0386. The van der Waals surface area contributed by atoms with Crippen LogP contribution in [0, 0.1) is 0 Å². The lowest BCUT2D eigenvalue weighted by Gasteiger charge is -2.40. The third-order valence-electron chi connectivity index (χ3n) is 3.96. The summed E-state index contributed by atoms with van der Waals surface area (Å²) in [4.78, 5) is 0. The molecule has 2 heterocycles. The molecule has 0 bridgehead atoms. The normalized spacial score (nSPS) is 29.3. The van der Waals surface area contributed by atoms with Crippen molar-refractivity contribution in [1.29, 1.82) is 0 Å². The van der Waals surface area contributed by atoms with Crippen LogP contribution in [0.25, 0.3) is 0 Å². The molecule has 1 aromatic rings. The van der Waals surface area contributed by atoms with E-state index in [9.17, 15) is 0 Å². The van der Waals surface area contributed by atoms with Crippen LogP contribution in [0.2, 0.25) is 5.02 Å². The summed E-state index contributed by atoms with van der Waals surface area (Å²) in [6.07, 6.45) is 3.37. The fraction of sp³-hybridized carbons (Fsp3) is 0.600. The van der Waals surface area contributed by atoms with Gasteiger partial charge in [-0.2, -0.15) is 11.8 Å². The fourth-order valence-corrected chi connectivity index (χ4v) is 4.51. The summed E-state index contributed by atoms with van der Waals surface area (Å²) in [5.41, 5.74) is 1.26. The molecule has 2 aliphatic rings. The number of ether oxygens (including phenoxy) is 1. The zero-order valence-corrected chi connectivity index (χ0v) is 12.8. The van der Waals surface area contributed by atoms with Crippen LogP contribution in [0.3, 0.4) is 0 Å². The van der Waals surface area contributed by atoms with Crippen molar-refractivity contribution in [2.24, 2.45) is 0 Å². The predicted octanol–water partition coefficient (Wildman–Crippen LogP) is 4.04. The highest BCUT2D eigenvalue weighted by Gasteiger charge is 2.43. The van der Waals surface area contributed by atoms with Crippen LogP contribution in [0.5, 0.6) is 5.75 Å².